The van der Waals surface area contributed by atoms with Gasteiger partial charge in [-0.3, -0.25) is 9.89 Å². The molecule has 0 saturated carbocycles. The van der Waals surface area contributed by atoms with E-state index in [1.807, 2.05) is 12.1 Å². The number of rotatable bonds is 1. The van der Waals surface area contributed by atoms with Crippen molar-refractivity contribution in [2.45, 2.75) is 38.8 Å². The quantitative estimate of drug-likeness (QED) is 0.534. The molecule has 1 aliphatic carbocycles. The maximum atomic E-state index is 13.2. The van der Waals surface area contributed by atoms with Crippen LogP contribution in [0.3, 0.4) is 0 Å². The first-order valence-electron chi connectivity index (χ1n) is 9.80. The number of nitrogens with zero attached hydrogens (tertiary/aromatic N) is 1. The van der Waals surface area contributed by atoms with Crippen molar-refractivity contribution in [3.05, 3.63) is 70.6 Å². The second-order valence-electron chi connectivity index (χ2n) is 8.87. The second kappa shape index (κ2) is 6.20. The molecule has 0 unspecified atom stereocenters. The molecule has 0 spiro atoms. The number of benzene rings is 2. The van der Waals surface area contributed by atoms with Gasteiger partial charge in [-0.05, 0) is 47.2 Å². The lowest BCUT2D eigenvalue weighted by molar-refractivity contribution is -0.137. The third-order valence-electron chi connectivity index (χ3n) is 6.02. The highest BCUT2D eigenvalue weighted by Gasteiger charge is 2.41. The number of Topliss-reactive ketones (excluding diaryl/α,β-unsaturated/α-hetero) is 1. The van der Waals surface area contributed by atoms with Crippen LogP contribution in [0.4, 0.5) is 18.9 Å². The van der Waals surface area contributed by atoms with E-state index in [1.165, 1.54) is 12.1 Å². The van der Waals surface area contributed by atoms with Crippen LogP contribution in [0.15, 0.2) is 53.9 Å². The maximum Gasteiger partial charge on any atom is 0.416 e. The lowest BCUT2D eigenvalue weighted by atomic mass is 9.68. The summed E-state index contributed by atoms with van der Waals surface area (Å²) in [4.78, 5) is 13.2. The smallest absolute Gasteiger partial charge is 0.358 e. The summed E-state index contributed by atoms with van der Waals surface area (Å²) in [5, 5.41) is 11.4. The van der Waals surface area contributed by atoms with Crippen LogP contribution < -0.4 is 5.32 Å². The molecule has 154 valence electrons. The van der Waals surface area contributed by atoms with Crippen molar-refractivity contribution in [1.29, 1.82) is 0 Å². The number of anilines is 1. The molecule has 0 amide bonds. The van der Waals surface area contributed by atoms with Crippen LogP contribution in [0.1, 0.15) is 49.3 Å². The van der Waals surface area contributed by atoms with Crippen LogP contribution >= 0.6 is 0 Å². The Morgan fingerprint density at radius 2 is 1.80 bits per heavy atom. The van der Waals surface area contributed by atoms with Crippen molar-refractivity contribution >= 4 is 22.4 Å². The van der Waals surface area contributed by atoms with Crippen LogP contribution in [-0.2, 0) is 11.0 Å². The molecule has 1 aromatic heterocycles. The largest absolute Gasteiger partial charge is 0.416 e. The number of ketones is 1. The molecular weight excluding hydrogens is 391 g/mol. The van der Waals surface area contributed by atoms with Crippen molar-refractivity contribution in [1.82, 2.24) is 10.2 Å². The van der Waals surface area contributed by atoms with Gasteiger partial charge in [0.2, 0.25) is 0 Å². The number of fused-ring (bicyclic) bond motifs is 3. The van der Waals surface area contributed by atoms with E-state index >= 15 is 0 Å². The summed E-state index contributed by atoms with van der Waals surface area (Å²) >= 11 is 0. The Kier molecular flexibility index (Phi) is 3.91. The Morgan fingerprint density at radius 3 is 2.50 bits per heavy atom. The third-order valence-corrected chi connectivity index (χ3v) is 6.02. The van der Waals surface area contributed by atoms with E-state index in [-0.39, 0.29) is 11.2 Å². The van der Waals surface area contributed by atoms with Gasteiger partial charge in [0.15, 0.2) is 5.78 Å². The first kappa shape index (κ1) is 18.9. The lowest BCUT2D eigenvalue weighted by Gasteiger charge is -2.39. The number of carbonyl (C=O) groups is 1. The predicted octanol–water partition coefficient (Wildman–Crippen LogP) is 5.78. The van der Waals surface area contributed by atoms with Crippen LogP contribution in [0.2, 0.25) is 0 Å². The average molecular weight is 411 g/mol. The van der Waals surface area contributed by atoms with E-state index in [0.717, 1.165) is 40.0 Å². The van der Waals surface area contributed by atoms with Crippen LogP contribution in [0.5, 0.6) is 0 Å². The lowest BCUT2D eigenvalue weighted by Crippen LogP contribution is -2.33. The number of carbonyl (C=O) groups excluding carboxylic acids is 1. The summed E-state index contributed by atoms with van der Waals surface area (Å²) in [6.07, 6.45) is -1.59. The van der Waals surface area contributed by atoms with Gasteiger partial charge in [-0.2, -0.15) is 18.3 Å². The Hall–Kier alpha value is -3.09. The molecule has 2 heterocycles. The van der Waals surface area contributed by atoms with E-state index in [0.29, 0.717) is 24.0 Å². The van der Waals surface area contributed by atoms with Gasteiger partial charge in [-0.25, -0.2) is 0 Å². The molecule has 7 heteroatoms. The van der Waals surface area contributed by atoms with Gasteiger partial charge < -0.3 is 5.32 Å². The number of H-pyrrole nitrogens is 1. The molecular formula is C23H20F3N3O. The topological polar surface area (TPSA) is 57.8 Å². The fourth-order valence-electron chi connectivity index (χ4n) is 4.75. The van der Waals surface area contributed by atoms with Crippen LogP contribution in [-0.4, -0.2) is 16.0 Å². The number of nitrogens with one attached hydrogen (secondary N) is 2. The zero-order valence-electron chi connectivity index (χ0n) is 16.5. The average Bonchev–Trinajstić information content (AvgIpc) is 3.13. The summed E-state index contributed by atoms with van der Waals surface area (Å²) in [5.74, 6) is -0.409. The van der Waals surface area contributed by atoms with Gasteiger partial charge in [-0.15, -0.1) is 0 Å². The molecule has 0 radical (unpaired) electrons. The number of aromatic amines is 1. The van der Waals surface area contributed by atoms with Gasteiger partial charge >= 0.3 is 6.18 Å². The standard InChI is InChI=1S/C23H20F3N3O/c1-22(2)9-17-21(18(30)10-22)19(12-3-5-13(6-4-12)23(24,25)26)20-14-11-27-29-15(14)7-8-16(20)28-17/h3-8,11,19,28H,9-10H2,1-2H3,(H,27,29)/t19-/m0/s1. The number of halogens is 3. The van der Waals surface area contributed by atoms with E-state index in [2.05, 4.69) is 29.4 Å². The number of hydrogen-bond acceptors (Lipinski definition) is 3. The molecule has 2 aliphatic rings. The third kappa shape index (κ3) is 2.91. The van der Waals surface area contributed by atoms with E-state index < -0.39 is 17.7 Å². The van der Waals surface area contributed by atoms with Gasteiger partial charge in [0, 0.05) is 34.7 Å². The maximum absolute atomic E-state index is 13.2. The molecule has 1 aliphatic heterocycles. The molecule has 0 saturated heterocycles. The normalized spacial score (nSPS) is 20.7. The summed E-state index contributed by atoms with van der Waals surface area (Å²) < 4.78 is 39.3. The molecule has 0 bridgehead atoms. The molecule has 0 fully saturated rings. The number of aromatic nitrogens is 2. The molecule has 3 aromatic rings. The monoisotopic (exact) mass is 411 g/mol. The molecule has 5 rings (SSSR count). The zero-order chi connectivity index (χ0) is 21.3. The fraction of sp³-hybridized carbons (Fsp3) is 0.304. The molecule has 1 atom stereocenters. The van der Waals surface area contributed by atoms with Crippen LogP contribution in [0, 0.1) is 5.41 Å². The molecule has 2 N–H and O–H groups in total. The van der Waals surface area contributed by atoms with Crippen LogP contribution in [0.25, 0.3) is 10.9 Å². The number of allylic oxidation sites excluding steroid dienone is 2. The Balaban J connectivity index is 1.74. The second-order valence-corrected chi connectivity index (χ2v) is 8.87. The SMILES string of the molecule is CC1(C)CC(=O)C2=C(C1)Nc1ccc3[nH]ncc3c1[C@@H]2c1ccc(C(F)(F)F)cc1. The molecule has 30 heavy (non-hydrogen) atoms. The van der Waals surface area contributed by atoms with Gasteiger partial charge in [0.25, 0.3) is 0 Å². The van der Waals surface area contributed by atoms with Crippen molar-refractivity contribution in [2.75, 3.05) is 5.32 Å². The summed E-state index contributed by atoms with van der Waals surface area (Å²) in [7, 11) is 0. The zero-order valence-corrected chi connectivity index (χ0v) is 16.5. The molecule has 2 aromatic carbocycles. The van der Waals surface area contributed by atoms with Gasteiger partial charge in [0.05, 0.1) is 17.3 Å². The van der Waals surface area contributed by atoms with Gasteiger partial charge in [0.1, 0.15) is 0 Å². The molecule has 4 nitrogen and oxygen atoms in total. The number of hydrogen-bond donors (Lipinski definition) is 2. The van der Waals surface area contributed by atoms with Crippen molar-refractivity contribution < 1.29 is 18.0 Å². The van der Waals surface area contributed by atoms with Crippen molar-refractivity contribution in [3.8, 4) is 0 Å². The minimum atomic E-state index is -4.41. The summed E-state index contributed by atoms with van der Waals surface area (Å²) in [5.41, 5.74) is 3.84. The minimum absolute atomic E-state index is 0.0322. The number of alkyl halides is 3. The van der Waals surface area contributed by atoms with Crippen molar-refractivity contribution in [2.24, 2.45) is 5.41 Å². The van der Waals surface area contributed by atoms with Gasteiger partial charge in [-0.1, -0.05) is 26.0 Å². The highest BCUT2D eigenvalue weighted by Crippen LogP contribution is 2.50. The Labute approximate surface area is 171 Å². The Bertz CT molecular complexity index is 1200. The van der Waals surface area contributed by atoms with E-state index in [4.69, 9.17) is 0 Å². The first-order valence-corrected chi connectivity index (χ1v) is 9.80. The summed E-state index contributed by atoms with van der Waals surface area (Å²) in [6.45, 7) is 4.11. The summed E-state index contributed by atoms with van der Waals surface area (Å²) in [6, 6.07) is 8.99. The first-order chi connectivity index (χ1) is 14.1. The van der Waals surface area contributed by atoms with Crippen molar-refractivity contribution in [3.63, 3.8) is 0 Å². The van der Waals surface area contributed by atoms with E-state index in [1.54, 1.807) is 6.20 Å². The highest BCUT2D eigenvalue weighted by atomic mass is 19.4. The minimum Gasteiger partial charge on any atom is -0.358 e. The predicted molar refractivity (Wildman–Crippen MR) is 108 cm³/mol. The highest BCUT2D eigenvalue weighted by molar-refractivity contribution is 6.04. The fourth-order valence-corrected chi connectivity index (χ4v) is 4.75. The Morgan fingerprint density at radius 1 is 1.07 bits per heavy atom. The van der Waals surface area contributed by atoms with E-state index in [9.17, 15) is 18.0 Å².